The molecule has 4 heteroatoms. The van der Waals surface area contributed by atoms with Gasteiger partial charge >= 0.3 is 0 Å². The van der Waals surface area contributed by atoms with Crippen LogP contribution in [0.15, 0.2) is 36.4 Å². The van der Waals surface area contributed by atoms with Crippen molar-refractivity contribution in [1.82, 2.24) is 0 Å². The molecule has 3 aliphatic heterocycles. The fraction of sp³-hybridized carbons (Fsp3) is 0.286. The number of ether oxygens (including phenoxy) is 1. The monoisotopic (exact) mass is 241 g/mol. The number of fused-ring (bicyclic) bond motifs is 3. The van der Waals surface area contributed by atoms with Gasteiger partial charge in [-0.3, -0.25) is 14.5 Å². The van der Waals surface area contributed by atoms with Crippen molar-refractivity contribution in [3.05, 3.63) is 42.0 Å². The van der Waals surface area contributed by atoms with E-state index in [2.05, 4.69) is 0 Å². The maximum Gasteiger partial charge on any atom is 0.229 e. The van der Waals surface area contributed by atoms with Crippen LogP contribution in [0.1, 0.15) is 23.2 Å². The highest BCUT2D eigenvalue weighted by Crippen LogP contribution is 2.45. The molecule has 1 aromatic rings. The lowest BCUT2D eigenvalue weighted by Gasteiger charge is -2.32. The molecule has 18 heavy (non-hydrogen) atoms. The van der Waals surface area contributed by atoms with E-state index in [9.17, 15) is 9.59 Å². The average Bonchev–Trinajstić information content (AvgIpc) is 2.91. The number of anilines is 1. The zero-order chi connectivity index (χ0) is 12.3. The first-order chi connectivity index (χ1) is 8.71. The third-order valence-corrected chi connectivity index (χ3v) is 3.86. The van der Waals surface area contributed by atoms with Crippen molar-refractivity contribution in [2.24, 2.45) is 0 Å². The van der Waals surface area contributed by atoms with Crippen LogP contribution in [0.25, 0.3) is 0 Å². The Bertz CT molecular complexity index is 607. The van der Waals surface area contributed by atoms with Gasteiger partial charge in [0.25, 0.3) is 0 Å². The predicted molar refractivity (Wildman–Crippen MR) is 64.2 cm³/mol. The minimum absolute atomic E-state index is 0.0162. The summed E-state index contributed by atoms with van der Waals surface area (Å²) in [5.74, 6) is -0.0524. The number of rotatable bonds is 0. The van der Waals surface area contributed by atoms with Crippen molar-refractivity contribution in [1.29, 1.82) is 0 Å². The van der Waals surface area contributed by atoms with Crippen molar-refractivity contribution in [2.45, 2.75) is 24.7 Å². The minimum atomic E-state index is -0.732. The summed E-state index contributed by atoms with van der Waals surface area (Å²) in [5.41, 5.74) is 0.519. The number of ketones is 1. The highest BCUT2D eigenvalue weighted by atomic mass is 16.5. The number of hydrogen-bond donors (Lipinski definition) is 0. The SMILES string of the molecule is O=C1c2ccccc2N2C(=O)CC[C@]23C=C[C@@H]1O3. The van der Waals surface area contributed by atoms with E-state index in [4.69, 9.17) is 4.74 Å². The first kappa shape index (κ1) is 10.0. The standard InChI is InChI=1S/C14H11NO3/c16-12-6-8-14-7-5-11(18-14)13(17)9-3-1-2-4-10(9)15(12)14/h1-5,7,11H,6,8H2/t11-,14+/m0/s1. The lowest BCUT2D eigenvalue weighted by atomic mass is 10.0. The Morgan fingerprint density at radius 3 is 3.00 bits per heavy atom. The second-order valence-corrected chi connectivity index (χ2v) is 4.85. The molecule has 0 aliphatic carbocycles. The van der Waals surface area contributed by atoms with E-state index in [1.54, 1.807) is 17.0 Å². The van der Waals surface area contributed by atoms with E-state index in [-0.39, 0.29) is 11.7 Å². The van der Waals surface area contributed by atoms with Crippen LogP contribution in [0, 0.1) is 0 Å². The van der Waals surface area contributed by atoms with Crippen LogP contribution in [0.5, 0.6) is 0 Å². The molecular weight excluding hydrogens is 230 g/mol. The van der Waals surface area contributed by atoms with Crippen molar-refractivity contribution < 1.29 is 14.3 Å². The summed E-state index contributed by atoms with van der Waals surface area (Å²) >= 11 is 0. The Morgan fingerprint density at radius 2 is 2.11 bits per heavy atom. The number of benzene rings is 1. The van der Waals surface area contributed by atoms with Gasteiger partial charge < -0.3 is 4.74 Å². The van der Waals surface area contributed by atoms with Gasteiger partial charge in [0.15, 0.2) is 11.5 Å². The molecule has 0 N–H and O–H groups in total. The normalized spacial score (nSPS) is 32.4. The Balaban J connectivity index is 2.02. The largest absolute Gasteiger partial charge is 0.336 e. The first-order valence-electron chi connectivity index (χ1n) is 6.05. The molecule has 1 saturated heterocycles. The molecule has 4 rings (SSSR count). The summed E-state index contributed by atoms with van der Waals surface area (Å²) in [5, 5.41) is 0. The lowest BCUT2D eigenvalue weighted by molar-refractivity contribution is -0.118. The van der Waals surface area contributed by atoms with Gasteiger partial charge in [0, 0.05) is 18.4 Å². The minimum Gasteiger partial charge on any atom is -0.336 e. The third-order valence-electron chi connectivity index (χ3n) is 3.86. The van der Waals surface area contributed by atoms with E-state index in [1.807, 2.05) is 24.3 Å². The summed E-state index contributed by atoms with van der Waals surface area (Å²) in [6.07, 6.45) is 4.14. The van der Waals surface area contributed by atoms with Gasteiger partial charge in [0.2, 0.25) is 5.91 Å². The summed E-state index contributed by atoms with van der Waals surface area (Å²) in [4.78, 5) is 26.1. The van der Waals surface area contributed by atoms with Crippen molar-refractivity contribution in [3.63, 3.8) is 0 Å². The molecule has 1 amide bonds. The van der Waals surface area contributed by atoms with Crippen molar-refractivity contribution in [3.8, 4) is 0 Å². The Morgan fingerprint density at radius 1 is 1.28 bits per heavy atom. The van der Waals surface area contributed by atoms with Crippen LogP contribution in [0.2, 0.25) is 0 Å². The number of Topliss-reactive ketones (excluding diaryl/α,β-unsaturated/α-hetero) is 1. The molecule has 0 aromatic heterocycles. The maximum atomic E-state index is 12.3. The van der Waals surface area contributed by atoms with Gasteiger partial charge in [-0.2, -0.15) is 0 Å². The van der Waals surface area contributed by atoms with Crippen LogP contribution in [0.3, 0.4) is 0 Å². The van der Waals surface area contributed by atoms with Crippen LogP contribution < -0.4 is 4.90 Å². The maximum absolute atomic E-state index is 12.3. The first-order valence-corrected chi connectivity index (χ1v) is 6.05. The summed E-state index contributed by atoms with van der Waals surface area (Å²) in [6.45, 7) is 0. The molecule has 2 bridgehead atoms. The van der Waals surface area contributed by atoms with Crippen molar-refractivity contribution >= 4 is 17.4 Å². The van der Waals surface area contributed by atoms with E-state index in [1.165, 1.54) is 0 Å². The van der Waals surface area contributed by atoms with Gasteiger partial charge in [-0.1, -0.05) is 12.1 Å². The van der Waals surface area contributed by atoms with Gasteiger partial charge in [0.1, 0.15) is 6.10 Å². The number of carbonyl (C=O) groups is 2. The highest BCUT2D eigenvalue weighted by molar-refractivity contribution is 6.11. The molecule has 3 aliphatic rings. The molecule has 4 nitrogen and oxygen atoms in total. The van der Waals surface area contributed by atoms with Gasteiger partial charge in [-0.15, -0.1) is 0 Å². The molecule has 0 radical (unpaired) electrons. The molecule has 2 atom stereocenters. The molecule has 0 saturated carbocycles. The molecule has 0 unspecified atom stereocenters. The van der Waals surface area contributed by atoms with E-state index < -0.39 is 11.8 Å². The number of hydrogen-bond acceptors (Lipinski definition) is 3. The van der Waals surface area contributed by atoms with Gasteiger partial charge in [-0.25, -0.2) is 0 Å². The number of nitrogens with zero attached hydrogens (tertiary/aromatic N) is 1. The number of para-hydroxylation sites is 1. The molecule has 1 spiro atoms. The molecular formula is C14H11NO3. The van der Waals surface area contributed by atoms with Crippen LogP contribution >= 0.6 is 0 Å². The second kappa shape index (κ2) is 3.09. The van der Waals surface area contributed by atoms with Gasteiger partial charge in [0.05, 0.1) is 5.69 Å². The fourth-order valence-electron chi connectivity index (χ4n) is 3.04. The zero-order valence-electron chi connectivity index (χ0n) is 9.63. The zero-order valence-corrected chi connectivity index (χ0v) is 9.63. The highest BCUT2D eigenvalue weighted by Gasteiger charge is 2.53. The average molecular weight is 241 g/mol. The van der Waals surface area contributed by atoms with Crippen molar-refractivity contribution in [2.75, 3.05) is 4.90 Å². The van der Waals surface area contributed by atoms with Crippen LogP contribution in [-0.4, -0.2) is 23.5 Å². The summed E-state index contributed by atoms with van der Waals surface area (Å²) in [6, 6.07) is 7.23. The number of amides is 1. The smallest absolute Gasteiger partial charge is 0.229 e. The Labute approximate surface area is 104 Å². The van der Waals surface area contributed by atoms with E-state index >= 15 is 0 Å². The van der Waals surface area contributed by atoms with E-state index in [0.29, 0.717) is 24.1 Å². The van der Waals surface area contributed by atoms with Crippen LogP contribution in [-0.2, 0) is 9.53 Å². The topological polar surface area (TPSA) is 46.6 Å². The third kappa shape index (κ3) is 1.04. The molecule has 1 fully saturated rings. The lowest BCUT2D eigenvalue weighted by Crippen LogP contribution is -2.45. The van der Waals surface area contributed by atoms with Crippen LogP contribution in [0.4, 0.5) is 5.69 Å². The number of carbonyl (C=O) groups excluding carboxylic acids is 2. The fourth-order valence-corrected chi connectivity index (χ4v) is 3.04. The summed E-state index contributed by atoms with van der Waals surface area (Å²) in [7, 11) is 0. The van der Waals surface area contributed by atoms with Gasteiger partial charge in [-0.05, 0) is 24.3 Å². The second-order valence-electron chi connectivity index (χ2n) is 4.85. The Kier molecular flexibility index (Phi) is 1.72. The summed E-state index contributed by atoms with van der Waals surface area (Å²) < 4.78 is 5.84. The molecule has 3 heterocycles. The van der Waals surface area contributed by atoms with E-state index in [0.717, 1.165) is 0 Å². The molecule has 90 valence electrons. The predicted octanol–water partition coefficient (Wildman–Crippen LogP) is 1.66. The molecule has 1 aromatic carbocycles. The quantitative estimate of drug-likeness (QED) is 0.649. The Hall–Kier alpha value is -1.94.